The Labute approximate surface area is 243 Å². The summed E-state index contributed by atoms with van der Waals surface area (Å²) in [5, 5.41) is 5.80. The van der Waals surface area contributed by atoms with E-state index < -0.39 is 27.9 Å². The molecule has 3 aromatic rings. The van der Waals surface area contributed by atoms with Gasteiger partial charge in [-0.1, -0.05) is 47.5 Å². The number of amides is 2. The van der Waals surface area contributed by atoms with E-state index in [1.165, 1.54) is 18.2 Å². The van der Waals surface area contributed by atoms with Crippen molar-refractivity contribution in [2.24, 2.45) is 0 Å². The molecule has 210 valence electrons. The Bertz CT molecular complexity index is 1510. The minimum absolute atomic E-state index is 0.0600. The second kappa shape index (κ2) is 12.1. The average Bonchev–Trinajstić information content (AvgIpc) is 2.95. The van der Waals surface area contributed by atoms with Gasteiger partial charge in [0.2, 0.25) is 11.8 Å². The van der Waals surface area contributed by atoms with Crippen LogP contribution in [-0.4, -0.2) is 59.1 Å². The fraction of sp³-hybridized carbons (Fsp3) is 0.286. The van der Waals surface area contributed by atoms with Gasteiger partial charge in [0.15, 0.2) is 0 Å². The number of halogens is 2. The molecule has 0 saturated carbocycles. The first-order valence-corrected chi connectivity index (χ1v) is 15.0. The number of morpholine rings is 1. The Kier molecular flexibility index (Phi) is 8.51. The van der Waals surface area contributed by atoms with Gasteiger partial charge in [-0.15, -0.1) is 0 Å². The molecule has 2 aliphatic rings. The van der Waals surface area contributed by atoms with Gasteiger partial charge in [0, 0.05) is 25.3 Å². The number of rotatable bonds is 8. The molecule has 3 aromatic carbocycles. The Balaban J connectivity index is 1.28. The number of fused-ring (bicyclic) bond motifs is 1. The molecular weight excluding hydrogens is 575 g/mol. The molecule has 12 heteroatoms. The number of carbonyl (C=O) groups is 2. The van der Waals surface area contributed by atoms with Crippen LogP contribution in [0.25, 0.3) is 0 Å². The van der Waals surface area contributed by atoms with Crippen molar-refractivity contribution in [3.8, 4) is 0 Å². The van der Waals surface area contributed by atoms with Crippen LogP contribution in [0.5, 0.6) is 0 Å². The van der Waals surface area contributed by atoms with Crippen molar-refractivity contribution < 1.29 is 22.7 Å². The smallest absolute Gasteiger partial charge is 0.265 e. The van der Waals surface area contributed by atoms with E-state index >= 15 is 0 Å². The first kappa shape index (κ1) is 28.2. The highest BCUT2D eigenvalue weighted by molar-refractivity contribution is 7.93. The molecular formula is C28H28Cl2N4O5S. The molecule has 1 fully saturated rings. The lowest BCUT2D eigenvalue weighted by Crippen LogP contribution is -2.52. The highest BCUT2D eigenvalue weighted by Crippen LogP contribution is 2.38. The van der Waals surface area contributed by atoms with Gasteiger partial charge in [0.25, 0.3) is 10.0 Å². The molecule has 9 nitrogen and oxygen atoms in total. The predicted molar refractivity (Wildman–Crippen MR) is 156 cm³/mol. The highest BCUT2D eigenvalue weighted by Gasteiger charge is 2.42. The summed E-state index contributed by atoms with van der Waals surface area (Å²) in [4.78, 5) is 28.2. The largest absolute Gasteiger partial charge is 0.378 e. The van der Waals surface area contributed by atoms with Gasteiger partial charge < -0.3 is 20.3 Å². The molecule has 5 rings (SSSR count). The van der Waals surface area contributed by atoms with Gasteiger partial charge in [0.1, 0.15) is 6.04 Å². The number of anilines is 3. The Morgan fingerprint density at radius 1 is 1.00 bits per heavy atom. The molecule has 2 heterocycles. The Morgan fingerprint density at radius 3 is 2.45 bits per heavy atom. The molecule has 0 spiro atoms. The minimum atomic E-state index is -4.28. The summed E-state index contributed by atoms with van der Waals surface area (Å²) in [5.74, 6) is -1.05. The fourth-order valence-electron chi connectivity index (χ4n) is 4.77. The molecule has 1 atom stereocenters. The molecule has 0 radical (unpaired) electrons. The number of benzene rings is 3. The van der Waals surface area contributed by atoms with E-state index in [4.69, 9.17) is 27.9 Å². The predicted octanol–water partition coefficient (Wildman–Crippen LogP) is 4.10. The normalized spacial score (nSPS) is 17.2. The third-order valence-electron chi connectivity index (χ3n) is 6.86. The number of carbonyl (C=O) groups excluding carboxylic acids is 2. The van der Waals surface area contributed by atoms with Crippen LogP contribution < -0.4 is 19.8 Å². The summed E-state index contributed by atoms with van der Waals surface area (Å²) >= 11 is 12.1. The molecule has 0 aromatic heterocycles. The van der Waals surface area contributed by atoms with Crippen LogP contribution in [0.3, 0.4) is 0 Å². The third-order valence-corrected chi connectivity index (χ3v) is 9.42. The molecule has 2 amide bonds. The van der Waals surface area contributed by atoms with Crippen LogP contribution in [0.1, 0.15) is 12.0 Å². The van der Waals surface area contributed by atoms with Gasteiger partial charge in [-0.25, -0.2) is 8.42 Å². The number of nitrogens with one attached hydrogen (secondary N) is 2. The lowest BCUT2D eigenvalue weighted by Gasteiger charge is -2.36. The van der Waals surface area contributed by atoms with E-state index in [-0.39, 0.29) is 27.0 Å². The topological polar surface area (TPSA) is 108 Å². The third kappa shape index (κ3) is 6.05. The highest BCUT2D eigenvalue weighted by atomic mass is 35.5. The second-order valence-corrected chi connectivity index (χ2v) is 12.1. The van der Waals surface area contributed by atoms with Gasteiger partial charge in [0.05, 0.1) is 46.0 Å². The van der Waals surface area contributed by atoms with Crippen molar-refractivity contribution in [3.05, 3.63) is 82.3 Å². The molecule has 0 aliphatic carbocycles. The maximum absolute atomic E-state index is 13.8. The number of ether oxygens (including phenoxy) is 1. The van der Waals surface area contributed by atoms with Crippen molar-refractivity contribution in [1.82, 2.24) is 5.32 Å². The van der Waals surface area contributed by atoms with Crippen molar-refractivity contribution in [3.63, 3.8) is 0 Å². The summed E-state index contributed by atoms with van der Waals surface area (Å²) in [5.41, 5.74) is 2.76. The van der Waals surface area contributed by atoms with Crippen molar-refractivity contribution in [2.75, 3.05) is 47.4 Å². The lowest BCUT2D eigenvalue weighted by molar-refractivity contribution is -0.125. The van der Waals surface area contributed by atoms with Crippen LogP contribution >= 0.6 is 23.2 Å². The first-order valence-electron chi connectivity index (χ1n) is 12.8. The molecule has 0 unspecified atom stereocenters. The monoisotopic (exact) mass is 602 g/mol. The summed E-state index contributed by atoms with van der Waals surface area (Å²) in [7, 11) is -4.28. The van der Waals surface area contributed by atoms with E-state index in [1.54, 1.807) is 24.3 Å². The molecule has 0 bridgehead atoms. The number of sulfonamides is 1. The SMILES string of the molecule is O=C(C[C@@H]1C(=O)Nc2ccccc2N1S(=O)(=O)c1ccc(Cl)c(Cl)c1)NCCc1ccc(N2CCOCC2)cc1. The van der Waals surface area contributed by atoms with E-state index in [1.807, 2.05) is 12.1 Å². The van der Waals surface area contributed by atoms with E-state index in [0.717, 1.165) is 28.6 Å². The number of hydrogen-bond donors (Lipinski definition) is 2. The molecule has 2 aliphatic heterocycles. The lowest BCUT2D eigenvalue weighted by atomic mass is 10.1. The van der Waals surface area contributed by atoms with Crippen LogP contribution in [0.2, 0.25) is 10.0 Å². The zero-order chi connectivity index (χ0) is 28.3. The van der Waals surface area contributed by atoms with Crippen molar-refractivity contribution in [2.45, 2.75) is 23.8 Å². The first-order chi connectivity index (χ1) is 19.2. The van der Waals surface area contributed by atoms with Crippen molar-refractivity contribution in [1.29, 1.82) is 0 Å². The second-order valence-electron chi connectivity index (χ2n) is 9.47. The number of nitrogens with zero attached hydrogens (tertiary/aromatic N) is 2. The van der Waals surface area contributed by atoms with Crippen LogP contribution in [0, 0.1) is 0 Å². The van der Waals surface area contributed by atoms with Gasteiger partial charge in [-0.3, -0.25) is 13.9 Å². The summed E-state index contributed by atoms with van der Waals surface area (Å²) in [6.45, 7) is 3.47. The summed E-state index contributed by atoms with van der Waals surface area (Å²) < 4.78 is 34.0. The number of hydrogen-bond acceptors (Lipinski definition) is 6. The molecule has 40 heavy (non-hydrogen) atoms. The van der Waals surface area contributed by atoms with Crippen molar-refractivity contribution >= 4 is 62.1 Å². The maximum atomic E-state index is 13.8. The average molecular weight is 604 g/mol. The Hall–Kier alpha value is -3.31. The summed E-state index contributed by atoms with van der Waals surface area (Å²) in [6, 6.07) is 17.3. The van der Waals surface area contributed by atoms with E-state index in [9.17, 15) is 18.0 Å². The standard InChI is InChI=1S/C28H28Cl2N4O5S/c29-22-10-9-21(17-23(22)30)40(37,38)34-25-4-2-1-3-24(25)32-28(36)26(34)18-27(35)31-12-11-19-5-7-20(8-6-19)33-13-15-39-16-14-33/h1-10,17,26H,11-16,18H2,(H,31,35)(H,32,36)/t26-/m1/s1. The zero-order valence-electron chi connectivity index (χ0n) is 21.5. The maximum Gasteiger partial charge on any atom is 0.265 e. The van der Waals surface area contributed by atoms with E-state index in [0.29, 0.717) is 31.9 Å². The van der Waals surface area contributed by atoms with Gasteiger partial charge in [-0.2, -0.15) is 0 Å². The van der Waals surface area contributed by atoms with Crippen LogP contribution in [0.15, 0.2) is 71.6 Å². The fourth-order valence-corrected chi connectivity index (χ4v) is 6.79. The van der Waals surface area contributed by atoms with Gasteiger partial charge in [-0.05, 0) is 54.4 Å². The minimum Gasteiger partial charge on any atom is -0.378 e. The Morgan fingerprint density at radius 2 is 1.73 bits per heavy atom. The van der Waals surface area contributed by atoms with Crippen LogP contribution in [0.4, 0.5) is 17.1 Å². The molecule has 1 saturated heterocycles. The zero-order valence-corrected chi connectivity index (χ0v) is 23.8. The summed E-state index contributed by atoms with van der Waals surface area (Å²) in [6.07, 6.45) is 0.219. The van der Waals surface area contributed by atoms with E-state index in [2.05, 4.69) is 27.7 Å². The van der Waals surface area contributed by atoms with Gasteiger partial charge >= 0.3 is 0 Å². The molecule has 2 N–H and O–H groups in total. The quantitative estimate of drug-likeness (QED) is 0.402. The van der Waals surface area contributed by atoms with Crippen LogP contribution in [-0.2, 0) is 30.8 Å². The number of para-hydroxylation sites is 2.